The van der Waals surface area contributed by atoms with E-state index in [1.54, 1.807) is 13.8 Å². The lowest BCUT2D eigenvalue weighted by Gasteiger charge is -2.25. The minimum atomic E-state index is -4.82. The summed E-state index contributed by atoms with van der Waals surface area (Å²) in [6, 6.07) is 1.70. The molecule has 7 heteroatoms. The number of anilines is 1. The number of hydrogen-bond donors (Lipinski definition) is 0. The van der Waals surface area contributed by atoms with Crippen LogP contribution in [-0.2, 0) is 12.4 Å². The van der Waals surface area contributed by atoms with E-state index >= 15 is 0 Å². The van der Waals surface area contributed by atoms with Gasteiger partial charge >= 0.3 is 12.4 Å². The second kappa shape index (κ2) is 5.30. The molecule has 19 heavy (non-hydrogen) atoms. The first-order valence-electron chi connectivity index (χ1n) is 5.64. The van der Waals surface area contributed by atoms with Gasteiger partial charge in [-0.25, -0.2) is 0 Å². The van der Waals surface area contributed by atoms with Crippen molar-refractivity contribution in [3.8, 4) is 0 Å². The molecule has 1 nitrogen and oxygen atoms in total. The van der Waals surface area contributed by atoms with Crippen molar-refractivity contribution in [2.45, 2.75) is 26.2 Å². The molecule has 0 spiro atoms. The van der Waals surface area contributed by atoms with Crippen LogP contribution in [0, 0.1) is 0 Å². The quantitative estimate of drug-likeness (QED) is 0.735. The third-order valence-electron chi connectivity index (χ3n) is 2.73. The van der Waals surface area contributed by atoms with Crippen LogP contribution in [0.5, 0.6) is 0 Å². The second-order valence-corrected chi connectivity index (χ2v) is 3.90. The van der Waals surface area contributed by atoms with Gasteiger partial charge in [-0.1, -0.05) is 0 Å². The summed E-state index contributed by atoms with van der Waals surface area (Å²) in [7, 11) is 0. The average Bonchev–Trinajstić information content (AvgIpc) is 2.28. The predicted octanol–water partition coefficient (Wildman–Crippen LogP) is 4.57. The summed E-state index contributed by atoms with van der Waals surface area (Å²) >= 11 is 0. The maximum Gasteiger partial charge on any atom is 0.418 e. The van der Waals surface area contributed by atoms with E-state index < -0.39 is 23.5 Å². The Kier molecular flexibility index (Phi) is 4.37. The molecular weight excluding hydrogens is 272 g/mol. The number of benzene rings is 1. The molecule has 0 saturated carbocycles. The zero-order valence-electron chi connectivity index (χ0n) is 10.4. The van der Waals surface area contributed by atoms with Crippen LogP contribution in [-0.4, -0.2) is 13.1 Å². The molecule has 0 aromatic heterocycles. The Morgan fingerprint density at radius 3 is 1.79 bits per heavy atom. The van der Waals surface area contributed by atoms with Gasteiger partial charge in [-0.2, -0.15) is 26.3 Å². The summed E-state index contributed by atoms with van der Waals surface area (Å²) < 4.78 is 76.0. The highest BCUT2D eigenvalue weighted by atomic mass is 19.4. The van der Waals surface area contributed by atoms with Gasteiger partial charge in [-0.15, -0.1) is 0 Å². The van der Waals surface area contributed by atoms with Crippen LogP contribution in [0.15, 0.2) is 18.2 Å². The Morgan fingerprint density at radius 2 is 1.42 bits per heavy atom. The van der Waals surface area contributed by atoms with Gasteiger partial charge < -0.3 is 4.90 Å². The van der Waals surface area contributed by atoms with E-state index in [0.717, 1.165) is 6.07 Å². The minimum absolute atomic E-state index is 0.160. The van der Waals surface area contributed by atoms with E-state index in [1.165, 1.54) is 4.90 Å². The van der Waals surface area contributed by atoms with Crippen molar-refractivity contribution in [2.24, 2.45) is 0 Å². The van der Waals surface area contributed by atoms with Crippen molar-refractivity contribution < 1.29 is 26.3 Å². The van der Waals surface area contributed by atoms with Crippen LogP contribution in [0.25, 0.3) is 0 Å². The first kappa shape index (κ1) is 15.7. The van der Waals surface area contributed by atoms with E-state index in [9.17, 15) is 26.3 Å². The molecule has 0 aliphatic carbocycles. The normalized spacial score (nSPS) is 12.6. The van der Waals surface area contributed by atoms with E-state index in [0.29, 0.717) is 6.07 Å². The van der Waals surface area contributed by atoms with Crippen LogP contribution in [0.2, 0.25) is 0 Å². The van der Waals surface area contributed by atoms with Crippen LogP contribution in [0.4, 0.5) is 32.0 Å². The van der Waals surface area contributed by atoms with Gasteiger partial charge in [0.1, 0.15) is 0 Å². The number of alkyl halides is 6. The summed E-state index contributed by atoms with van der Waals surface area (Å²) in [6.07, 6.45) is -9.61. The molecule has 1 aromatic carbocycles. The molecule has 0 amide bonds. The molecule has 0 bridgehead atoms. The first-order valence-corrected chi connectivity index (χ1v) is 5.64. The monoisotopic (exact) mass is 285 g/mol. The molecule has 0 aliphatic heterocycles. The number of rotatable bonds is 3. The van der Waals surface area contributed by atoms with E-state index in [1.807, 2.05) is 0 Å². The predicted molar refractivity (Wildman–Crippen MR) is 60.0 cm³/mol. The van der Waals surface area contributed by atoms with Gasteiger partial charge in [-0.3, -0.25) is 0 Å². The zero-order chi connectivity index (χ0) is 14.8. The Bertz CT molecular complexity index is 431. The van der Waals surface area contributed by atoms with Gasteiger partial charge in [0.25, 0.3) is 0 Å². The van der Waals surface area contributed by atoms with Gasteiger partial charge in [0, 0.05) is 18.8 Å². The molecule has 1 aromatic rings. The van der Waals surface area contributed by atoms with Crippen molar-refractivity contribution in [1.29, 1.82) is 0 Å². The summed E-state index contributed by atoms with van der Waals surface area (Å²) in [5.74, 6) is 0. The SMILES string of the molecule is CCN(CC)c1ccc(C(F)(F)F)cc1C(F)(F)F. The molecule has 0 N–H and O–H groups in total. The molecular formula is C12H13F6N. The van der Waals surface area contributed by atoms with Crippen LogP contribution in [0.1, 0.15) is 25.0 Å². The average molecular weight is 285 g/mol. The molecule has 0 atom stereocenters. The van der Waals surface area contributed by atoms with Crippen molar-refractivity contribution in [1.82, 2.24) is 0 Å². The van der Waals surface area contributed by atoms with Crippen LogP contribution < -0.4 is 4.90 Å². The summed E-state index contributed by atoms with van der Waals surface area (Å²) in [5.41, 5.74) is -2.78. The van der Waals surface area contributed by atoms with E-state index in [4.69, 9.17) is 0 Å². The van der Waals surface area contributed by atoms with Crippen molar-refractivity contribution in [3.05, 3.63) is 29.3 Å². The van der Waals surface area contributed by atoms with Gasteiger partial charge in [0.05, 0.1) is 11.1 Å². The maximum absolute atomic E-state index is 12.9. The number of nitrogens with zero attached hydrogens (tertiary/aromatic N) is 1. The Labute approximate surface area is 106 Å². The third kappa shape index (κ3) is 3.54. The molecule has 0 fully saturated rings. The van der Waals surface area contributed by atoms with Crippen molar-refractivity contribution in [2.75, 3.05) is 18.0 Å². The molecule has 0 heterocycles. The minimum Gasteiger partial charge on any atom is -0.372 e. The fourth-order valence-electron chi connectivity index (χ4n) is 1.78. The van der Waals surface area contributed by atoms with Gasteiger partial charge in [-0.05, 0) is 32.0 Å². The molecule has 1 rings (SSSR count). The number of hydrogen-bond acceptors (Lipinski definition) is 1. The zero-order valence-corrected chi connectivity index (χ0v) is 10.4. The third-order valence-corrected chi connectivity index (χ3v) is 2.73. The second-order valence-electron chi connectivity index (χ2n) is 3.90. The van der Waals surface area contributed by atoms with Gasteiger partial charge in [0.15, 0.2) is 0 Å². The number of halogens is 6. The first-order chi connectivity index (χ1) is 8.61. The topological polar surface area (TPSA) is 3.24 Å². The molecule has 0 unspecified atom stereocenters. The summed E-state index contributed by atoms with van der Waals surface area (Å²) in [4.78, 5) is 1.36. The Hall–Kier alpha value is -1.40. The lowest BCUT2D eigenvalue weighted by molar-refractivity contribution is -0.142. The highest BCUT2D eigenvalue weighted by Crippen LogP contribution is 2.40. The van der Waals surface area contributed by atoms with E-state index in [2.05, 4.69) is 0 Å². The lowest BCUT2D eigenvalue weighted by Crippen LogP contribution is -2.25. The highest BCUT2D eigenvalue weighted by molar-refractivity contribution is 5.56. The summed E-state index contributed by atoms with van der Waals surface area (Å²) in [6.45, 7) is 3.85. The summed E-state index contributed by atoms with van der Waals surface area (Å²) in [5, 5.41) is 0. The molecule has 0 saturated heterocycles. The Balaban J connectivity index is 3.41. The van der Waals surface area contributed by atoms with Gasteiger partial charge in [0.2, 0.25) is 0 Å². The Morgan fingerprint density at radius 1 is 0.895 bits per heavy atom. The van der Waals surface area contributed by atoms with Crippen LogP contribution >= 0.6 is 0 Å². The molecule has 0 radical (unpaired) electrons. The molecule has 0 aliphatic rings. The fraction of sp³-hybridized carbons (Fsp3) is 0.500. The largest absolute Gasteiger partial charge is 0.418 e. The lowest BCUT2D eigenvalue weighted by atomic mass is 10.1. The highest BCUT2D eigenvalue weighted by Gasteiger charge is 2.38. The van der Waals surface area contributed by atoms with Crippen molar-refractivity contribution in [3.63, 3.8) is 0 Å². The van der Waals surface area contributed by atoms with Crippen molar-refractivity contribution >= 4 is 5.69 Å². The standard InChI is InChI=1S/C12H13F6N/c1-3-19(4-2)10-6-5-8(11(13,14)15)7-9(10)12(16,17)18/h5-7H,3-4H2,1-2H3. The smallest absolute Gasteiger partial charge is 0.372 e. The van der Waals surface area contributed by atoms with E-state index in [-0.39, 0.29) is 24.8 Å². The molecule has 108 valence electrons. The van der Waals surface area contributed by atoms with Crippen LogP contribution in [0.3, 0.4) is 0 Å². The fourth-order valence-corrected chi connectivity index (χ4v) is 1.78. The maximum atomic E-state index is 12.9.